The van der Waals surface area contributed by atoms with Crippen LogP contribution in [0.5, 0.6) is 0 Å². The third-order valence-corrected chi connectivity index (χ3v) is 0.944. The second kappa shape index (κ2) is 11.3. The molecule has 0 rings (SSSR count). The summed E-state index contributed by atoms with van der Waals surface area (Å²) in [5.74, 6) is 0. The van der Waals surface area contributed by atoms with Gasteiger partial charge in [0.2, 0.25) is 6.08 Å². The van der Waals surface area contributed by atoms with Crippen molar-refractivity contribution in [1.29, 1.82) is 0 Å². The van der Waals surface area contributed by atoms with Crippen LogP contribution in [0.3, 0.4) is 0 Å². The van der Waals surface area contributed by atoms with E-state index in [2.05, 4.69) is 4.99 Å². The molecule has 0 aliphatic carbocycles. The number of hydrogen-bond acceptors (Lipinski definition) is 3. The van der Waals surface area contributed by atoms with Gasteiger partial charge in [0.15, 0.2) is 0 Å². The Morgan fingerprint density at radius 2 is 1.69 bits per heavy atom. The normalized spacial score (nSPS) is 9.15. The Morgan fingerprint density at radius 3 is 1.77 bits per heavy atom. The topological polar surface area (TPSA) is 38.7 Å². The van der Waals surface area contributed by atoms with Crippen molar-refractivity contribution >= 4 is 6.08 Å². The van der Waals surface area contributed by atoms with Gasteiger partial charge in [-0.2, -0.15) is 0 Å². The lowest BCUT2D eigenvalue weighted by Crippen LogP contribution is -2.09. The van der Waals surface area contributed by atoms with Crippen LogP contribution in [0.2, 0.25) is 0 Å². The molecule has 0 spiro atoms. The molecule has 3 heteroatoms. The molecule has 0 atom stereocenters. The molecule has 0 bridgehead atoms. The fraction of sp³-hybridized carbons (Fsp3) is 0.900. The quantitative estimate of drug-likeness (QED) is 0.501. The zero-order valence-corrected chi connectivity index (χ0v) is 9.33. The molecule has 0 aromatic carbocycles. The molecule has 0 aliphatic heterocycles. The number of hydrogen-bond donors (Lipinski definition) is 0. The highest BCUT2D eigenvalue weighted by atomic mass is 16.5. The van der Waals surface area contributed by atoms with Crippen molar-refractivity contribution in [1.82, 2.24) is 0 Å². The van der Waals surface area contributed by atoms with Gasteiger partial charge >= 0.3 is 0 Å². The lowest BCUT2D eigenvalue weighted by atomic mass is 10.4. The van der Waals surface area contributed by atoms with Gasteiger partial charge in [0.25, 0.3) is 0 Å². The molecule has 0 N–H and O–H groups in total. The van der Waals surface area contributed by atoms with Crippen molar-refractivity contribution in [2.45, 2.75) is 53.2 Å². The van der Waals surface area contributed by atoms with Crippen molar-refractivity contribution in [3.63, 3.8) is 0 Å². The number of carbonyl (C=O) groups excluding carboxylic acids is 1. The molecule has 0 aliphatic rings. The molecule has 0 amide bonds. The van der Waals surface area contributed by atoms with E-state index in [-0.39, 0.29) is 0 Å². The maximum Gasteiger partial charge on any atom is 0.234 e. The molecule has 13 heavy (non-hydrogen) atoms. The zero-order chi connectivity index (χ0) is 10.7. The first kappa shape index (κ1) is 14.8. The van der Waals surface area contributed by atoms with E-state index in [1.807, 2.05) is 34.6 Å². The highest BCUT2D eigenvalue weighted by Gasteiger charge is 1.94. The monoisotopic (exact) mass is 187 g/mol. The Kier molecular flexibility index (Phi) is 12.9. The molecule has 0 unspecified atom stereocenters. The first-order chi connectivity index (χ1) is 6.04. The molecule has 78 valence electrons. The Bertz CT molecular complexity index is 132. The first-order valence-corrected chi connectivity index (χ1v) is 4.73. The maximum atomic E-state index is 9.27. The van der Waals surface area contributed by atoms with Crippen molar-refractivity contribution in [2.75, 3.05) is 6.54 Å². The van der Waals surface area contributed by atoms with E-state index >= 15 is 0 Å². The standard InChI is InChI=1S/C6H14O.C4H7NO/c1-5(2)7-6(3)4;1-2-3-5-4-6/h5-6H,1-4H3;2-3H2,1H3. The summed E-state index contributed by atoms with van der Waals surface area (Å²) in [6, 6.07) is 0. The highest BCUT2D eigenvalue weighted by molar-refractivity contribution is 5.32. The second-order valence-electron chi connectivity index (χ2n) is 3.21. The van der Waals surface area contributed by atoms with E-state index in [9.17, 15) is 4.79 Å². The zero-order valence-electron chi connectivity index (χ0n) is 9.33. The number of isocyanates is 1. The minimum atomic E-state index is 0.375. The predicted molar refractivity (Wildman–Crippen MR) is 54.6 cm³/mol. The fourth-order valence-electron chi connectivity index (χ4n) is 0.702. The van der Waals surface area contributed by atoms with Crippen LogP contribution in [0.15, 0.2) is 4.99 Å². The average molecular weight is 187 g/mol. The maximum absolute atomic E-state index is 9.27. The smallest absolute Gasteiger partial charge is 0.234 e. The molecule has 0 saturated heterocycles. The van der Waals surface area contributed by atoms with E-state index in [4.69, 9.17) is 4.74 Å². The number of nitrogens with zero attached hydrogens (tertiary/aromatic N) is 1. The van der Waals surface area contributed by atoms with Gasteiger partial charge in [0.1, 0.15) is 0 Å². The fourth-order valence-corrected chi connectivity index (χ4v) is 0.702. The van der Waals surface area contributed by atoms with E-state index in [0.717, 1.165) is 6.42 Å². The van der Waals surface area contributed by atoms with Crippen LogP contribution in [0, 0.1) is 0 Å². The van der Waals surface area contributed by atoms with Gasteiger partial charge in [-0.1, -0.05) is 6.92 Å². The third kappa shape index (κ3) is 24.6. The molecule has 3 nitrogen and oxygen atoms in total. The predicted octanol–water partition coefficient (Wildman–Crippen LogP) is 2.55. The van der Waals surface area contributed by atoms with E-state index in [1.54, 1.807) is 0 Å². The highest BCUT2D eigenvalue weighted by Crippen LogP contribution is 1.93. The minimum Gasteiger partial charge on any atom is -0.376 e. The van der Waals surface area contributed by atoms with Gasteiger partial charge in [-0.3, -0.25) is 0 Å². The Labute approximate surface area is 81.2 Å². The van der Waals surface area contributed by atoms with Crippen LogP contribution in [-0.2, 0) is 9.53 Å². The van der Waals surface area contributed by atoms with Crippen molar-refractivity contribution in [2.24, 2.45) is 4.99 Å². The summed E-state index contributed by atoms with van der Waals surface area (Å²) in [6.45, 7) is 10.7. The van der Waals surface area contributed by atoms with Gasteiger partial charge in [-0.15, -0.1) is 0 Å². The average Bonchev–Trinajstić information content (AvgIpc) is 1.99. The Balaban J connectivity index is 0. The molecular formula is C10H21NO2. The SMILES string of the molecule is CC(C)OC(C)C.CCCN=C=O. The third-order valence-electron chi connectivity index (χ3n) is 0.944. The molecule has 0 aromatic rings. The van der Waals surface area contributed by atoms with E-state index in [0.29, 0.717) is 18.8 Å². The van der Waals surface area contributed by atoms with Gasteiger partial charge in [-0.25, -0.2) is 9.79 Å². The van der Waals surface area contributed by atoms with Crippen molar-refractivity contribution in [3.05, 3.63) is 0 Å². The number of aliphatic imine (C=N–C) groups is 1. The Morgan fingerprint density at radius 1 is 1.23 bits per heavy atom. The largest absolute Gasteiger partial charge is 0.376 e. The summed E-state index contributed by atoms with van der Waals surface area (Å²) in [7, 11) is 0. The summed E-state index contributed by atoms with van der Waals surface area (Å²) >= 11 is 0. The van der Waals surface area contributed by atoms with E-state index in [1.165, 1.54) is 6.08 Å². The van der Waals surface area contributed by atoms with Gasteiger partial charge in [0.05, 0.1) is 18.8 Å². The summed E-state index contributed by atoms with van der Waals surface area (Å²) in [5.41, 5.74) is 0. The van der Waals surface area contributed by atoms with Gasteiger partial charge in [-0.05, 0) is 34.1 Å². The number of rotatable bonds is 4. The van der Waals surface area contributed by atoms with Crippen LogP contribution < -0.4 is 0 Å². The van der Waals surface area contributed by atoms with Crippen LogP contribution in [-0.4, -0.2) is 24.8 Å². The molecule has 0 heterocycles. The second-order valence-corrected chi connectivity index (χ2v) is 3.21. The molecule has 0 radical (unpaired) electrons. The minimum absolute atomic E-state index is 0.375. The number of ether oxygens (including phenoxy) is 1. The van der Waals surface area contributed by atoms with Gasteiger partial charge in [0, 0.05) is 0 Å². The summed E-state index contributed by atoms with van der Waals surface area (Å²) < 4.78 is 5.25. The Hall–Kier alpha value is -0.660. The lowest BCUT2D eigenvalue weighted by Gasteiger charge is -2.09. The van der Waals surface area contributed by atoms with Crippen LogP contribution >= 0.6 is 0 Å². The molecule has 0 saturated carbocycles. The molecule has 0 aromatic heterocycles. The van der Waals surface area contributed by atoms with Crippen LogP contribution in [0.25, 0.3) is 0 Å². The van der Waals surface area contributed by atoms with Crippen LogP contribution in [0.1, 0.15) is 41.0 Å². The molecule has 0 fully saturated rings. The lowest BCUT2D eigenvalue weighted by molar-refractivity contribution is 0.0300. The van der Waals surface area contributed by atoms with E-state index < -0.39 is 0 Å². The molecular weight excluding hydrogens is 166 g/mol. The van der Waals surface area contributed by atoms with Crippen LogP contribution in [0.4, 0.5) is 0 Å². The van der Waals surface area contributed by atoms with Crippen molar-refractivity contribution in [3.8, 4) is 0 Å². The summed E-state index contributed by atoms with van der Waals surface area (Å²) in [4.78, 5) is 12.6. The first-order valence-electron chi connectivity index (χ1n) is 4.73. The van der Waals surface area contributed by atoms with Gasteiger partial charge < -0.3 is 4.74 Å². The summed E-state index contributed by atoms with van der Waals surface area (Å²) in [5, 5.41) is 0. The van der Waals surface area contributed by atoms with Crippen molar-refractivity contribution < 1.29 is 9.53 Å². The summed E-state index contributed by atoms with van der Waals surface area (Å²) in [6.07, 6.45) is 3.12.